The highest BCUT2D eigenvalue weighted by Gasteiger charge is 2.18. The lowest BCUT2D eigenvalue weighted by molar-refractivity contribution is -0.385. The van der Waals surface area contributed by atoms with Crippen LogP contribution in [0.4, 0.5) is 11.5 Å². The first-order valence-corrected chi connectivity index (χ1v) is 6.02. The number of pyridine rings is 1. The van der Waals surface area contributed by atoms with E-state index in [1.165, 1.54) is 6.07 Å². The zero-order chi connectivity index (χ0) is 14.7. The lowest BCUT2D eigenvalue weighted by atomic mass is 10.1. The Morgan fingerprint density at radius 3 is 2.65 bits per heavy atom. The number of aromatic amines is 1. The van der Waals surface area contributed by atoms with Crippen LogP contribution in [0, 0.1) is 24.0 Å². The molecule has 2 rings (SSSR count). The van der Waals surface area contributed by atoms with Crippen molar-refractivity contribution in [3.8, 4) is 0 Å². The number of carbonyl (C=O) groups excluding carboxylic acids is 1. The summed E-state index contributed by atoms with van der Waals surface area (Å²) in [7, 11) is 0. The van der Waals surface area contributed by atoms with Gasteiger partial charge in [-0.1, -0.05) is 12.1 Å². The largest absolute Gasteiger partial charge is 0.339 e. The van der Waals surface area contributed by atoms with Crippen LogP contribution in [0.5, 0.6) is 0 Å². The van der Waals surface area contributed by atoms with Gasteiger partial charge in [0, 0.05) is 17.7 Å². The van der Waals surface area contributed by atoms with Crippen LogP contribution in [0.2, 0.25) is 0 Å². The molecule has 0 aliphatic rings. The van der Waals surface area contributed by atoms with Crippen LogP contribution in [0.15, 0.2) is 36.4 Å². The number of aryl methyl sites for hydroxylation is 2. The third kappa shape index (κ3) is 2.97. The Hall–Kier alpha value is -2.76. The number of benzene rings is 1. The number of nitro benzene ring substituents is 1. The number of H-pyrrole nitrogens is 1. The van der Waals surface area contributed by atoms with Gasteiger partial charge in [-0.05, 0) is 26.0 Å². The zero-order valence-electron chi connectivity index (χ0n) is 11.1. The molecule has 0 aliphatic heterocycles. The summed E-state index contributed by atoms with van der Waals surface area (Å²) < 4.78 is 0. The second kappa shape index (κ2) is 5.48. The molecule has 0 radical (unpaired) electrons. The van der Waals surface area contributed by atoms with Gasteiger partial charge in [0.1, 0.15) is 0 Å². The number of nitrogens with zero attached hydrogens (tertiary/aromatic N) is 1. The van der Waals surface area contributed by atoms with Crippen molar-refractivity contribution in [2.45, 2.75) is 13.8 Å². The number of carbonyl (C=O) groups is 1. The lowest BCUT2D eigenvalue weighted by Crippen LogP contribution is -2.21. The van der Waals surface area contributed by atoms with Gasteiger partial charge in [0.2, 0.25) is 0 Å². The minimum absolute atomic E-state index is 0.0640. The molecule has 1 aromatic heterocycles. The van der Waals surface area contributed by atoms with E-state index in [1.54, 1.807) is 31.2 Å². The van der Waals surface area contributed by atoms with Crippen molar-refractivity contribution in [3.05, 3.63) is 63.3 Å². The van der Waals surface area contributed by atoms with E-state index < -0.39 is 10.8 Å². The summed E-state index contributed by atoms with van der Waals surface area (Å²) in [5.74, 6) is 0.146. The van der Waals surface area contributed by atoms with Gasteiger partial charge in [-0.2, -0.15) is 0 Å². The SMILES string of the molecule is Cc1cccc(NC(=O)c2ccc(C)c([N+](=O)[O-])c2)[nH+]1. The van der Waals surface area contributed by atoms with Gasteiger partial charge in [0.25, 0.3) is 11.5 Å². The topological polar surface area (TPSA) is 86.4 Å². The monoisotopic (exact) mass is 272 g/mol. The van der Waals surface area contributed by atoms with Gasteiger partial charge in [0.15, 0.2) is 0 Å². The van der Waals surface area contributed by atoms with Crippen molar-refractivity contribution in [3.63, 3.8) is 0 Å². The maximum absolute atomic E-state index is 12.1. The molecule has 2 N–H and O–H groups in total. The molecule has 102 valence electrons. The van der Waals surface area contributed by atoms with Gasteiger partial charge in [-0.3, -0.25) is 10.1 Å². The van der Waals surface area contributed by atoms with Crippen LogP contribution in [0.25, 0.3) is 0 Å². The van der Waals surface area contributed by atoms with Crippen molar-refractivity contribution in [1.82, 2.24) is 0 Å². The van der Waals surface area contributed by atoms with Gasteiger partial charge in [-0.15, -0.1) is 0 Å². The average molecular weight is 272 g/mol. The molecule has 1 amide bonds. The highest BCUT2D eigenvalue weighted by molar-refractivity contribution is 6.03. The second-order valence-electron chi connectivity index (χ2n) is 4.46. The van der Waals surface area contributed by atoms with Crippen molar-refractivity contribution < 1.29 is 14.7 Å². The molecule has 2 aromatic rings. The fraction of sp³-hybridized carbons (Fsp3) is 0.143. The molecule has 6 heteroatoms. The molecular formula is C14H14N3O3+. The maximum Gasteiger partial charge on any atom is 0.339 e. The molecule has 0 fully saturated rings. The molecule has 0 saturated heterocycles. The van der Waals surface area contributed by atoms with E-state index in [0.717, 1.165) is 5.69 Å². The first kappa shape index (κ1) is 13.7. The minimum Gasteiger partial charge on any atom is -0.258 e. The highest BCUT2D eigenvalue weighted by atomic mass is 16.6. The number of aromatic nitrogens is 1. The number of rotatable bonds is 3. The van der Waals surface area contributed by atoms with Gasteiger partial charge in [0.05, 0.1) is 16.2 Å². The summed E-state index contributed by atoms with van der Waals surface area (Å²) in [5, 5.41) is 13.5. The molecule has 0 unspecified atom stereocenters. The fourth-order valence-electron chi connectivity index (χ4n) is 1.80. The summed E-state index contributed by atoms with van der Waals surface area (Å²) in [5.41, 5.74) is 1.61. The summed E-state index contributed by atoms with van der Waals surface area (Å²) in [4.78, 5) is 25.4. The molecule has 20 heavy (non-hydrogen) atoms. The molecular weight excluding hydrogens is 258 g/mol. The maximum atomic E-state index is 12.1. The zero-order valence-corrected chi connectivity index (χ0v) is 11.1. The third-order valence-electron chi connectivity index (χ3n) is 2.86. The van der Waals surface area contributed by atoms with E-state index in [-0.39, 0.29) is 11.3 Å². The van der Waals surface area contributed by atoms with E-state index in [1.807, 2.05) is 13.0 Å². The highest BCUT2D eigenvalue weighted by Crippen LogP contribution is 2.19. The standard InChI is InChI=1S/C14H13N3O3/c1-9-6-7-11(8-12(9)17(19)20)14(18)16-13-5-3-4-10(2)15-13/h3-8H,1-2H3,(H,15,16,18)/p+1. The van der Waals surface area contributed by atoms with Gasteiger partial charge >= 0.3 is 5.91 Å². The first-order chi connectivity index (χ1) is 9.47. The Kier molecular flexibility index (Phi) is 3.74. The molecule has 1 heterocycles. The average Bonchev–Trinajstić information content (AvgIpc) is 2.38. The molecule has 1 aromatic carbocycles. The minimum atomic E-state index is -0.495. The van der Waals surface area contributed by atoms with Crippen molar-refractivity contribution in [2.75, 3.05) is 5.32 Å². The van der Waals surface area contributed by atoms with E-state index in [9.17, 15) is 14.9 Å². The Morgan fingerprint density at radius 1 is 1.25 bits per heavy atom. The number of anilines is 1. The van der Waals surface area contributed by atoms with E-state index in [4.69, 9.17) is 0 Å². The lowest BCUT2D eigenvalue weighted by Gasteiger charge is -2.01. The molecule has 0 aliphatic carbocycles. The predicted molar refractivity (Wildman–Crippen MR) is 73.5 cm³/mol. The second-order valence-corrected chi connectivity index (χ2v) is 4.46. The van der Waals surface area contributed by atoms with Crippen LogP contribution >= 0.6 is 0 Å². The predicted octanol–water partition coefficient (Wildman–Crippen LogP) is 2.28. The summed E-state index contributed by atoms with van der Waals surface area (Å²) in [6, 6.07) is 9.79. The van der Waals surface area contributed by atoms with Crippen LogP contribution < -0.4 is 10.3 Å². The molecule has 0 saturated carbocycles. The van der Waals surface area contributed by atoms with Gasteiger partial charge < -0.3 is 0 Å². The van der Waals surface area contributed by atoms with Crippen LogP contribution in [-0.4, -0.2) is 10.8 Å². The van der Waals surface area contributed by atoms with E-state index in [0.29, 0.717) is 11.4 Å². The quantitative estimate of drug-likeness (QED) is 0.687. The van der Waals surface area contributed by atoms with Crippen molar-refractivity contribution >= 4 is 17.4 Å². The molecule has 0 atom stereocenters. The normalized spacial score (nSPS) is 10.1. The first-order valence-electron chi connectivity index (χ1n) is 6.02. The Balaban J connectivity index is 2.26. The third-order valence-corrected chi connectivity index (χ3v) is 2.86. The van der Waals surface area contributed by atoms with E-state index in [2.05, 4.69) is 10.3 Å². The molecule has 0 bridgehead atoms. The summed E-state index contributed by atoms with van der Waals surface area (Å²) >= 11 is 0. The van der Waals surface area contributed by atoms with Crippen molar-refractivity contribution in [2.24, 2.45) is 0 Å². The summed E-state index contributed by atoms with van der Waals surface area (Å²) in [6.45, 7) is 3.50. The number of hydrogen-bond donors (Lipinski definition) is 1. The Morgan fingerprint density at radius 2 is 2.00 bits per heavy atom. The Bertz CT molecular complexity index is 683. The smallest absolute Gasteiger partial charge is 0.258 e. The number of nitrogens with one attached hydrogen (secondary N) is 2. The van der Waals surface area contributed by atoms with Crippen LogP contribution in [0.1, 0.15) is 21.6 Å². The van der Waals surface area contributed by atoms with Crippen molar-refractivity contribution in [1.29, 1.82) is 0 Å². The van der Waals surface area contributed by atoms with Crippen LogP contribution in [0.3, 0.4) is 0 Å². The molecule has 0 spiro atoms. The summed E-state index contributed by atoms with van der Waals surface area (Å²) in [6.07, 6.45) is 0. The van der Waals surface area contributed by atoms with E-state index >= 15 is 0 Å². The van der Waals surface area contributed by atoms with Crippen LogP contribution in [-0.2, 0) is 0 Å². The number of hydrogen-bond acceptors (Lipinski definition) is 3. The fourth-order valence-corrected chi connectivity index (χ4v) is 1.80. The molecule has 6 nitrogen and oxygen atoms in total. The number of amides is 1. The Labute approximate surface area is 115 Å². The van der Waals surface area contributed by atoms with Gasteiger partial charge in [-0.25, -0.2) is 15.1 Å². The number of nitro groups is 1.